The van der Waals surface area contributed by atoms with Gasteiger partial charge < -0.3 is 19.5 Å². The van der Waals surface area contributed by atoms with Gasteiger partial charge >= 0.3 is 12.1 Å². The van der Waals surface area contributed by atoms with Crippen molar-refractivity contribution in [1.29, 1.82) is 0 Å². The zero-order valence-corrected chi connectivity index (χ0v) is 27.0. The Hall–Kier alpha value is -1.30. The summed E-state index contributed by atoms with van der Waals surface area (Å²) in [6, 6.07) is 0. The Morgan fingerprint density at radius 1 is 0.829 bits per heavy atom. The van der Waals surface area contributed by atoms with Crippen LogP contribution < -0.4 is 0 Å². The molecule has 1 N–H and O–H groups in total. The van der Waals surface area contributed by atoms with E-state index in [1.54, 1.807) is 0 Å². The fourth-order valence-electron chi connectivity index (χ4n) is 12.9. The van der Waals surface area contributed by atoms with Crippen LogP contribution in [0.5, 0.6) is 0 Å². The summed E-state index contributed by atoms with van der Waals surface area (Å²) in [5, 5.41) is 10.6. The van der Waals surface area contributed by atoms with Gasteiger partial charge in [0.15, 0.2) is 0 Å². The SMILES string of the molecule is CC(C)[C@@H]1CC[C@]2(C(=O)O)CC[C@]3(C)[C@H](CC[C@@H]4[C@@]5(C)CC[C@@H](OC(=O)N6CCOCC6)C(C)(C)[C@@H]5CC[C@]43C)[C@@H]12. The summed E-state index contributed by atoms with van der Waals surface area (Å²) < 4.78 is 11.7. The number of carbonyl (C=O) groups is 2. The van der Waals surface area contributed by atoms with Crippen molar-refractivity contribution in [2.24, 2.45) is 62.6 Å². The summed E-state index contributed by atoms with van der Waals surface area (Å²) >= 11 is 0. The number of rotatable bonds is 3. The maximum Gasteiger partial charge on any atom is 0.410 e. The number of morpholine rings is 1. The Balaban J connectivity index is 1.27. The monoisotopic (exact) mass is 571 g/mol. The lowest BCUT2D eigenvalue weighted by Crippen LogP contribution is -2.67. The van der Waals surface area contributed by atoms with Crippen molar-refractivity contribution in [3.05, 3.63) is 0 Å². The molecule has 0 radical (unpaired) electrons. The normalized spacial score (nSPS) is 48.9. The molecule has 0 aromatic rings. The Bertz CT molecular complexity index is 1050. The van der Waals surface area contributed by atoms with Gasteiger partial charge in [-0.3, -0.25) is 4.79 Å². The molecule has 232 valence electrons. The summed E-state index contributed by atoms with van der Waals surface area (Å²) in [5.74, 6) is 2.51. The number of ether oxygens (including phenoxy) is 2. The van der Waals surface area contributed by atoms with E-state index in [1.807, 2.05) is 4.90 Å². The van der Waals surface area contributed by atoms with Gasteiger partial charge in [-0.2, -0.15) is 0 Å². The van der Waals surface area contributed by atoms with Crippen molar-refractivity contribution in [3.8, 4) is 0 Å². The fraction of sp³-hybridized carbons (Fsp3) is 0.943. The molecule has 6 fully saturated rings. The highest BCUT2D eigenvalue weighted by atomic mass is 16.6. The number of aliphatic carboxylic acids is 1. The molecule has 5 aliphatic carbocycles. The lowest BCUT2D eigenvalue weighted by molar-refractivity contribution is -0.249. The molecular formula is C35H57NO5. The van der Waals surface area contributed by atoms with E-state index in [0.717, 1.165) is 38.5 Å². The zero-order chi connectivity index (χ0) is 29.6. The molecule has 1 amide bonds. The number of hydrogen-bond donors (Lipinski definition) is 1. The minimum absolute atomic E-state index is 0.0524. The van der Waals surface area contributed by atoms with Crippen LogP contribution in [0.25, 0.3) is 0 Å². The van der Waals surface area contributed by atoms with Gasteiger partial charge in [0.2, 0.25) is 0 Å². The molecule has 0 aromatic carbocycles. The maximum absolute atomic E-state index is 13.1. The Labute approximate surface area is 248 Å². The van der Waals surface area contributed by atoms with Crippen LogP contribution >= 0.6 is 0 Å². The number of hydrogen-bond acceptors (Lipinski definition) is 4. The minimum atomic E-state index is -0.512. The van der Waals surface area contributed by atoms with Gasteiger partial charge in [-0.05, 0) is 116 Å². The minimum Gasteiger partial charge on any atom is -0.481 e. The number of nitrogens with zero attached hydrogens (tertiary/aromatic N) is 1. The standard InChI is InChI=1S/C35H57NO5/c1-22(2)23-10-15-35(29(37)38)17-16-33(6)24(28(23)35)8-9-26-32(5)13-12-27(41-30(39)36-18-20-40-21-19-36)31(3,4)25(32)11-14-34(26,33)7/h22-28H,8-21H2,1-7H3,(H,37,38)/t23-,24+,25-,26+,27+,28+,32-,33+,34+,35-/m0/s1. The van der Waals surface area contributed by atoms with Crippen molar-refractivity contribution in [3.63, 3.8) is 0 Å². The quantitative estimate of drug-likeness (QED) is 0.377. The first-order valence-electron chi connectivity index (χ1n) is 17.0. The van der Waals surface area contributed by atoms with Crippen LogP contribution in [0.1, 0.15) is 113 Å². The van der Waals surface area contributed by atoms with Crippen molar-refractivity contribution in [1.82, 2.24) is 4.90 Å². The second kappa shape index (κ2) is 9.86. The molecule has 41 heavy (non-hydrogen) atoms. The van der Waals surface area contributed by atoms with Gasteiger partial charge in [-0.25, -0.2) is 4.79 Å². The number of amides is 1. The van der Waals surface area contributed by atoms with Gasteiger partial charge in [0.1, 0.15) is 6.10 Å². The summed E-state index contributed by atoms with van der Waals surface area (Å²) in [6.07, 6.45) is 10.5. The third-order valence-corrected chi connectivity index (χ3v) is 15.2. The second-order valence-corrected chi connectivity index (χ2v) is 16.9. The highest BCUT2D eigenvalue weighted by molar-refractivity contribution is 5.76. The van der Waals surface area contributed by atoms with Gasteiger partial charge in [-0.15, -0.1) is 0 Å². The predicted molar refractivity (Wildman–Crippen MR) is 159 cm³/mol. The first-order valence-corrected chi connectivity index (χ1v) is 17.0. The molecule has 0 aromatic heterocycles. The van der Waals surface area contributed by atoms with Gasteiger partial charge in [0, 0.05) is 18.5 Å². The lowest BCUT2D eigenvalue weighted by atomic mass is 9.32. The van der Waals surface area contributed by atoms with Crippen LogP contribution in [-0.2, 0) is 14.3 Å². The smallest absolute Gasteiger partial charge is 0.410 e. The molecule has 1 saturated heterocycles. The number of carbonyl (C=O) groups excluding carboxylic acids is 1. The van der Waals surface area contributed by atoms with Crippen LogP contribution in [0.4, 0.5) is 4.79 Å². The topological polar surface area (TPSA) is 76.1 Å². The van der Waals surface area contributed by atoms with E-state index in [4.69, 9.17) is 9.47 Å². The summed E-state index contributed by atoms with van der Waals surface area (Å²) in [7, 11) is 0. The Morgan fingerprint density at radius 2 is 1.54 bits per heavy atom. The van der Waals surface area contributed by atoms with Crippen molar-refractivity contribution < 1.29 is 24.2 Å². The van der Waals surface area contributed by atoms with E-state index in [0.29, 0.717) is 61.8 Å². The first kappa shape index (κ1) is 29.8. The van der Waals surface area contributed by atoms with Crippen LogP contribution in [0.15, 0.2) is 0 Å². The molecule has 6 rings (SSSR count). The number of fused-ring (bicyclic) bond motifs is 7. The zero-order valence-electron chi connectivity index (χ0n) is 27.0. The third kappa shape index (κ3) is 4.03. The van der Waals surface area contributed by atoms with Crippen LogP contribution in [0.3, 0.4) is 0 Å². The maximum atomic E-state index is 13.1. The van der Waals surface area contributed by atoms with Gasteiger partial charge in [0.05, 0.1) is 18.6 Å². The van der Waals surface area contributed by atoms with E-state index >= 15 is 0 Å². The Morgan fingerprint density at radius 3 is 2.20 bits per heavy atom. The first-order chi connectivity index (χ1) is 19.2. The largest absolute Gasteiger partial charge is 0.481 e. The highest BCUT2D eigenvalue weighted by Gasteiger charge is 2.72. The molecular weight excluding hydrogens is 514 g/mol. The molecule has 6 aliphatic rings. The molecule has 6 heteroatoms. The number of carboxylic acid groups (broad SMARTS) is 1. The van der Waals surface area contributed by atoms with Gasteiger partial charge in [-0.1, -0.05) is 48.5 Å². The summed E-state index contributed by atoms with van der Waals surface area (Å²) in [6.45, 7) is 19.6. The number of carboxylic acids is 1. The average Bonchev–Trinajstić information content (AvgIpc) is 3.33. The third-order valence-electron chi connectivity index (χ3n) is 15.2. The van der Waals surface area contributed by atoms with Gasteiger partial charge in [0.25, 0.3) is 0 Å². The highest BCUT2D eigenvalue weighted by Crippen LogP contribution is 2.77. The summed E-state index contributed by atoms with van der Waals surface area (Å²) in [4.78, 5) is 27.9. The van der Waals surface area contributed by atoms with Crippen LogP contribution in [0.2, 0.25) is 0 Å². The average molecular weight is 572 g/mol. The predicted octanol–water partition coefficient (Wildman–Crippen LogP) is 7.65. The van der Waals surface area contributed by atoms with Crippen LogP contribution in [0, 0.1) is 62.6 Å². The van der Waals surface area contributed by atoms with E-state index in [2.05, 4.69) is 48.5 Å². The summed E-state index contributed by atoms with van der Waals surface area (Å²) in [5.41, 5.74) is 0.0139. The molecule has 0 unspecified atom stereocenters. The second-order valence-electron chi connectivity index (χ2n) is 16.9. The van der Waals surface area contributed by atoms with E-state index in [9.17, 15) is 14.7 Å². The Kier molecular flexibility index (Phi) is 7.15. The van der Waals surface area contributed by atoms with Crippen molar-refractivity contribution >= 4 is 12.1 Å². The molecule has 0 spiro atoms. The lowest BCUT2D eigenvalue weighted by Gasteiger charge is -2.72. The molecule has 5 saturated carbocycles. The fourth-order valence-corrected chi connectivity index (χ4v) is 12.9. The van der Waals surface area contributed by atoms with Crippen molar-refractivity contribution in [2.45, 2.75) is 119 Å². The molecule has 1 heterocycles. The van der Waals surface area contributed by atoms with E-state index in [1.165, 1.54) is 25.7 Å². The van der Waals surface area contributed by atoms with Crippen molar-refractivity contribution in [2.75, 3.05) is 26.3 Å². The molecule has 0 bridgehead atoms. The van der Waals surface area contributed by atoms with E-state index in [-0.39, 0.29) is 33.9 Å². The molecule has 6 nitrogen and oxygen atoms in total. The van der Waals surface area contributed by atoms with Crippen LogP contribution in [-0.4, -0.2) is 54.5 Å². The molecule has 10 atom stereocenters. The molecule has 1 aliphatic heterocycles. The van der Waals surface area contributed by atoms with E-state index < -0.39 is 11.4 Å².